The molecule has 0 radical (unpaired) electrons. The molecule has 0 bridgehead atoms. The molecule has 104 valence electrons. The lowest BCUT2D eigenvalue weighted by Crippen LogP contribution is -2.31. The molecule has 1 heterocycles. The average Bonchev–Trinajstić information content (AvgIpc) is 3.17. The van der Waals surface area contributed by atoms with E-state index in [4.69, 9.17) is 0 Å². The minimum Gasteiger partial charge on any atom is -0.468 e. The number of methoxy groups -OCH3 is 1. The number of aromatic nitrogens is 3. The van der Waals surface area contributed by atoms with Crippen molar-refractivity contribution in [3.63, 3.8) is 0 Å². The van der Waals surface area contributed by atoms with E-state index < -0.39 is 5.97 Å². The van der Waals surface area contributed by atoms with Crippen LogP contribution < -0.4 is 11.0 Å². The van der Waals surface area contributed by atoms with Gasteiger partial charge in [0.1, 0.15) is 6.54 Å². The molecule has 2 rings (SSSR count). The van der Waals surface area contributed by atoms with E-state index in [0.29, 0.717) is 5.16 Å². The highest BCUT2D eigenvalue weighted by atomic mass is 32.2. The maximum atomic E-state index is 11.5. The molecule has 1 saturated carbocycles. The molecule has 1 aromatic rings. The molecule has 2 N–H and O–H groups in total. The fourth-order valence-electron chi connectivity index (χ4n) is 1.47. The van der Waals surface area contributed by atoms with Crippen molar-refractivity contribution < 1.29 is 14.3 Å². The first-order chi connectivity index (χ1) is 9.11. The average molecular weight is 286 g/mol. The van der Waals surface area contributed by atoms with Crippen LogP contribution in [0.15, 0.2) is 9.95 Å². The van der Waals surface area contributed by atoms with Crippen molar-refractivity contribution in [2.75, 3.05) is 19.4 Å². The van der Waals surface area contributed by atoms with Crippen LogP contribution in [0.5, 0.6) is 0 Å². The van der Waals surface area contributed by atoms with Crippen LogP contribution in [0.1, 0.15) is 18.9 Å². The van der Waals surface area contributed by atoms with Gasteiger partial charge in [0.2, 0.25) is 5.91 Å². The van der Waals surface area contributed by atoms with Gasteiger partial charge in [-0.25, -0.2) is 9.89 Å². The molecule has 19 heavy (non-hydrogen) atoms. The number of ether oxygens (including phenoxy) is 1. The first kappa shape index (κ1) is 13.7. The number of carbonyl (C=O) groups is 2. The zero-order chi connectivity index (χ0) is 13.8. The second-order valence-electron chi connectivity index (χ2n) is 4.05. The van der Waals surface area contributed by atoms with Crippen molar-refractivity contribution >= 4 is 23.6 Å². The van der Waals surface area contributed by atoms with Crippen molar-refractivity contribution in [3.8, 4) is 0 Å². The van der Waals surface area contributed by atoms with Crippen molar-refractivity contribution in [1.29, 1.82) is 0 Å². The number of hydrogen-bond donors (Lipinski definition) is 2. The molecule has 0 unspecified atom stereocenters. The van der Waals surface area contributed by atoms with Crippen LogP contribution in [0, 0.1) is 0 Å². The molecule has 1 aromatic heterocycles. The fourth-order valence-corrected chi connectivity index (χ4v) is 2.31. The Kier molecular flexibility index (Phi) is 4.25. The Hall–Kier alpha value is -1.77. The predicted molar refractivity (Wildman–Crippen MR) is 66.9 cm³/mol. The Balaban J connectivity index is 1.83. The largest absolute Gasteiger partial charge is 0.468 e. The Morgan fingerprint density at radius 1 is 1.58 bits per heavy atom. The molecular weight excluding hydrogens is 272 g/mol. The van der Waals surface area contributed by atoms with E-state index in [1.165, 1.54) is 7.11 Å². The summed E-state index contributed by atoms with van der Waals surface area (Å²) in [6.07, 6.45) is 1.92. The van der Waals surface area contributed by atoms with Crippen LogP contribution >= 0.6 is 11.8 Å². The number of carbonyl (C=O) groups excluding carboxylic acids is 2. The summed E-state index contributed by atoms with van der Waals surface area (Å²) in [5.74, 6) is -0.727. The SMILES string of the molecule is COC(=O)CNC(=O)CSc1n[nH]c(=O)n1C1CC1. The summed E-state index contributed by atoms with van der Waals surface area (Å²) in [5.41, 5.74) is -0.250. The van der Waals surface area contributed by atoms with E-state index >= 15 is 0 Å². The Morgan fingerprint density at radius 3 is 2.95 bits per heavy atom. The third kappa shape index (κ3) is 3.60. The molecule has 1 fully saturated rings. The van der Waals surface area contributed by atoms with E-state index in [2.05, 4.69) is 20.3 Å². The second kappa shape index (κ2) is 5.91. The monoisotopic (exact) mass is 286 g/mol. The van der Waals surface area contributed by atoms with Gasteiger partial charge in [-0.1, -0.05) is 11.8 Å². The summed E-state index contributed by atoms with van der Waals surface area (Å²) >= 11 is 1.16. The van der Waals surface area contributed by atoms with Crippen LogP contribution in [0.3, 0.4) is 0 Å². The first-order valence-corrected chi connectivity index (χ1v) is 6.73. The van der Waals surface area contributed by atoms with E-state index in [9.17, 15) is 14.4 Å². The number of rotatable bonds is 6. The summed E-state index contributed by atoms with van der Waals surface area (Å²) in [6.45, 7) is -0.161. The summed E-state index contributed by atoms with van der Waals surface area (Å²) in [5, 5.41) is 9.17. The topological polar surface area (TPSA) is 106 Å². The molecule has 0 saturated heterocycles. The summed E-state index contributed by atoms with van der Waals surface area (Å²) in [6, 6.07) is 0.201. The van der Waals surface area contributed by atoms with E-state index in [1.807, 2.05) is 0 Å². The number of aromatic amines is 1. The molecule has 1 aliphatic rings. The van der Waals surface area contributed by atoms with Crippen molar-refractivity contribution in [2.24, 2.45) is 0 Å². The van der Waals surface area contributed by atoms with Crippen molar-refractivity contribution in [3.05, 3.63) is 10.5 Å². The number of H-pyrrole nitrogens is 1. The van der Waals surface area contributed by atoms with Gasteiger partial charge in [0.25, 0.3) is 0 Å². The maximum Gasteiger partial charge on any atom is 0.344 e. The highest BCUT2D eigenvalue weighted by Gasteiger charge is 2.28. The zero-order valence-electron chi connectivity index (χ0n) is 10.3. The van der Waals surface area contributed by atoms with Gasteiger partial charge in [0, 0.05) is 6.04 Å². The molecule has 0 spiro atoms. The molecule has 0 atom stereocenters. The van der Waals surface area contributed by atoms with Gasteiger partial charge in [0.15, 0.2) is 5.16 Å². The maximum absolute atomic E-state index is 11.5. The minimum atomic E-state index is -0.506. The van der Waals surface area contributed by atoms with Gasteiger partial charge in [-0.05, 0) is 12.8 Å². The highest BCUT2D eigenvalue weighted by molar-refractivity contribution is 7.99. The lowest BCUT2D eigenvalue weighted by Gasteiger charge is -2.04. The van der Waals surface area contributed by atoms with E-state index in [-0.39, 0.29) is 29.9 Å². The number of esters is 1. The molecule has 0 aromatic carbocycles. The van der Waals surface area contributed by atoms with E-state index in [1.54, 1.807) is 4.57 Å². The van der Waals surface area contributed by atoms with Crippen LogP contribution in [-0.4, -0.2) is 46.0 Å². The van der Waals surface area contributed by atoms with Crippen LogP contribution in [0.25, 0.3) is 0 Å². The second-order valence-corrected chi connectivity index (χ2v) is 5.00. The number of hydrogen-bond acceptors (Lipinski definition) is 6. The van der Waals surface area contributed by atoms with E-state index in [0.717, 1.165) is 24.6 Å². The third-order valence-electron chi connectivity index (χ3n) is 2.57. The van der Waals surface area contributed by atoms with Gasteiger partial charge in [-0.3, -0.25) is 14.2 Å². The van der Waals surface area contributed by atoms with Gasteiger partial charge in [-0.15, -0.1) is 5.10 Å². The van der Waals surface area contributed by atoms with Gasteiger partial charge in [0.05, 0.1) is 12.9 Å². The number of nitrogens with one attached hydrogen (secondary N) is 2. The Labute approximate surface area is 112 Å². The fraction of sp³-hybridized carbons (Fsp3) is 0.600. The summed E-state index contributed by atoms with van der Waals surface area (Å²) in [4.78, 5) is 33.8. The van der Waals surface area contributed by atoms with Gasteiger partial charge >= 0.3 is 11.7 Å². The molecular formula is C10H14N4O4S. The quantitative estimate of drug-likeness (QED) is 0.528. The Morgan fingerprint density at radius 2 is 2.32 bits per heavy atom. The molecule has 0 aliphatic heterocycles. The van der Waals surface area contributed by atoms with Gasteiger partial charge < -0.3 is 10.1 Å². The minimum absolute atomic E-state index is 0.0913. The van der Waals surface area contributed by atoms with Crippen molar-refractivity contribution in [2.45, 2.75) is 24.0 Å². The molecule has 8 nitrogen and oxygen atoms in total. The highest BCUT2D eigenvalue weighted by Crippen LogP contribution is 2.35. The zero-order valence-corrected chi connectivity index (χ0v) is 11.2. The van der Waals surface area contributed by atoms with Crippen LogP contribution in [-0.2, 0) is 14.3 Å². The van der Waals surface area contributed by atoms with Gasteiger partial charge in [-0.2, -0.15) is 0 Å². The normalized spacial score (nSPS) is 14.2. The molecule has 1 amide bonds. The van der Waals surface area contributed by atoms with Crippen molar-refractivity contribution in [1.82, 2.24) is 20.1 Å². The summed E-state index contributed by atoms with van der Waals surface area (Å²) < 4.78 is 5.97. The first-order valence-electron chi connectivity index (χ1n) is 5.75. The Bertz CT molecular complexity index is 534. The number of amides is 1. The molecule has 1 aliphatic carbocycles. The predicted octanol–water partition coefficient (Wildman–Crippen LogP) is -0.712. The van der Waals surface area contributed by atoms with Crippen LogP contribution in [0.2, 0.25) is 0 Å². The summed E-state index contributed by atoms with van der Waals surface area (Å²) in [7, 11) is 1.25. The molecule has 9 heteroatoms. The lowest BCUT2D eigenvalue weighted by molar-refractivity contribution is -0.140. The standard InChI is InChI=1S/C10H14N4O4S/c1-18-8(16)4-11-7(15)5-19-10-13-12-9(17)14(10)6-2-3-6/h6H,2-5H2,1H3,(H,11,15)(H,12,17). The third-order valence-corrected chi connectivity index (χ3v) is 3.53. The number of thioether (sulfide) groups is 1. The lowest BCUT2D eigenvalue weighted by atomic mass is 10.6. The smallest absolute Gasteiger partial charge is 0.344 e. The number of nitrogens with zero attached hydrogens (tertiary/aromatic N) is 2. The van der Waals surface area contributed by atoms with Crippen LogP contribution in [0.4, 0.5) is 0 Å².